The van der Waals surface area contributed by atoms with Gasteiger partial charge in [0.15, 0.2) is 0 Å². The van der Waals surface area contributed by atoms with Gasteiger partial charge in [-0.25, -0.2) is 0 Å². The zero-order valence-electron chi connectivity index (χ0n) is 27.6. The van der Waals surface area contributed by atoms with Gasteiger partial charge in [0.2, 0.25) is 17.7 Å². The number of nitrogens with zero attached hydrogens (tertiary/aromatic N) is 2. The van der Waals surface area contributed by atoms with Gasteiger partial charge in [-0.3, -0.25) is 19.2 Å². The summed E-state index contributed by atoms with van der Waals surface area (Å²) in [6.07, 6.45) is 9.05. The van der Waals surface area contributed by atoms with E-state index in [1.807, 2.05) is 72.8 Å². The van der Waals surface area contributed by atoms with Gasteiger partial charge in [0, 0.05) is 19.5 Å². The molecule has 4 heterocycles. The average Bonchev–Trinajstić information content (AvgIpc) is 3.74. The van der Waals surface area contributed by atoms with E-state index in [-0.39, 0.29) is 24.8 Å². The molecule has 0 radical (unpaired) electrons. The van der Waals surface area contributed by atoms with Crippen molar-refractivity contribution < 1.29 is 33.8 Å². The third-order valence-electron chi connectivity index (χ3n) is 10.1. The van der Waals surface area contributed by atoms with Crippen molar-refractivity contribution in [2.24, 2.45) is 11.8 Å². The highest BCUT2D eigenvalue weighted by molar-refractivity contribution is 5.99. The van der Waals surface area contributed by atoms with Gasteiger partial charge in [0.1, 0.15) is 23.7 Å². The quantitative estimate of drug-likeness (QED) is 0.250. The number of cyclic esters (lactones) is 1. The molecule has 10 nitrogen and oxygen atoms in total. The van der Waals surface area contributed by atoms with Crippen LogP contribution < -0.4 is 5.32 Å². The molecule has 4 aliphatic rings. The first kappa shape index (κ1) is 33.6. The topological polar surface area (TPSA) is 125 Å². The summed E-state index contributed by atoms with van der Waals surface area (Å²) in [6.45, 7) is 4.20. The lowest BCUT2D eigenvalue weighted by Gasteiger charge is -2.39. The second-order valence-corrected chi connectivity index (χ2v) is 13.2. The molecule has 2 saturated heterocycles. The van der Waals surface area contributed by atoms with Gasteiger partial charge in [0.05, 0.1) is 30.7 Å². The van der Waals surface area contributed by atoms with E-state index in [9.17, 15) is 24.3 Å². The largest absolute Gasteiger partial charge is 0.455 e. The number of rotatable bonds is 8. The lowest BCUT2D eigenvalue weighted by molar-refractivity contribution is -0.162. The van der Waals surface area contributed by atoms with Crippen molar-refractivity contribution in [1.29, 1.82) is 0 Å². The van der Waals surface area contributed by atoms with Crippen LogP contribution in [0.1, 0.15) is 69.2 Å². The zero-order chi connectivity index (χ0) is 33.8. The number of aliphatic hydroxyl groups excluding tert-OH is 1. The molecule has 1 spiro atoms. The molecule has 254 valence electrons. The Morgan fingerprint density at radius 3 is 2.42 bits per heavy atom. The molecule has 4 aliphatic heterocycles. The van der Waals surface area contributed by atoms with E-state index < -0.39 is 66.3 Å². The summed E-state index contributed by atoms with van der Waals surface area (Å²) in [4.78, 5) is 60.1. The number of hydrogen-bond donors (Lipinski definition) is 2. The fourth-order valence-electron chi connectivity index (χ4n) is 7.78. The number of allylic oxidation sites excluding steroid dienone is 1. The van der Waals surface area contributed by atoms with E-state index in [0.29, 0.717) is 24.1 Å². The summed E-state index contributed by atoms with van der Waals surface area (Å²) in [7, 11) is 0. The van der Waals surface area contributed by atoms with Crippen molar-refractivity contribution in [2.75, 3.05) is 19.7 Å². The van der Waals surface area contributed by atoms with Crippen LogP contribution in [-0.4, -0.2) is 82.1 Å². The van der Waals surface area contributed by atoms with E-state index in [2.05, 4.69) is 12.2 Å². The molecule has 2 aromatic rings. The molecule has 48 heavy (non-hydrogen) atoms. The molecular formula is C38H45N3O7. The fourth-order valence-corrected chi connectivity index (χ4v) is 7.78. The number of amides is 3. The molecule has 0 aliphatic carbocycles. The average molecular weight is 656 g/mol. The number of carbonyl (C=O) groups is 4. The van der Waals surface area contributed by atoms with E-state index in [1.54, 1.807) is 24.0 Å². The minimum Gasteiger partial charge on any atom is -0.455 e. The van der Waals surface area contributed by atoms with Crippen LogP contribution in [0.5, 0.6) is 0 Å². The van der Waals surface area contributed by atoms with Crippen molar-refractivity contribution in [2.45, 2.75) is 81.9 Å². The van der Waals surface area contributed by atoms with Crippen LogP contribution in [0.4, 0.5) is 0 Å². The van der Waals surface area contributed by atoms with Crippen LogP contribution in [0.3, 0.4) is 0 Å². The van der Waals surface area contributed by atoms with Crippen molar-refractivity contribution >= 4 is 23.7 Å². The number of hydrogen-bond acceptors (Lipinski definition) is 7. The first-order valence-electron chi connectivity index (χ1n) is 17.1. The summed E-state index contributed by atoms with van der Waals surface area (Å²) in [5.74, 6) is -3.65. The van der Waals surface area contributed by atoms with Gasteiger partial charge >= 0.3 is 5.97 Å². The van der Waals surface area contributed by atoms with Gasteiger partial charge in [-0.1, -0.05) is 105 Å². The molecule has 2 fully saturated rings. The highest BCUT2D eigenvalue weighted by atomic mass is 16.6. The van der Waals surface area contributed by atoms with Crippen LogP contribution in [0.15, 0.2) is 85.0 Å². The third-order valence-corrected chi connectivity index (χ3v) is 10.1. The molecular weight excluding hydrogens is 610 g/mol. The van der Waals surface area contributed by atoms with Gasteiger partial charge < -0.3 is 29.7 Å². The van der Waals surface area contributed by atoms with Crippen molar-refractivity contribution in [3.8, 4) is 0 Å². The lowest BCUT2D eigenvalue weighted by Crippen LogP contribution is -2.56. The molecule has 0 aromatic heterocycles. The maximum atomic E-state index is 14.9. The van der Waals surface area contributed by atoms with Crippen molar-refractivity contribution in [1.82, 2.24) is 15.1 Å². The monoisotopic (exact) mass is 655 g/mol. The number of benzene rings is 2. The van der Waals surface area contributed by atoms with Crippen LogP contribution >= 0.6 is 0 Å². The molecule has 2 N–H and O–H groups in total. The zero-order valence-corrected chi connectivity index (χ0v) is 27.6. The van der Waals surface area contributed by atoms with Gasteiger partial charge in [-0.05, 0) is 30.9 Å². The number of ether oxygens (including phenoxy) is 2. The number of fused-ring (bicyclic) bond motifs is 2. The second kappa shape index (κ2) is 14.5. The number of nitrogens with one attached hydrogen (secondary N) is 1. The predicted molar refractivity (Wildman–Crippen MR) is 178 cm³/mol. The molecule has 6 rings (SSSR count). The SMILES string of the molecule is CCCCCN1C/C=C\CCC(=O)N[C@H](C)[C@@H](c2ccccc2)OC(=O)[C@@H]2[C@@H]3C=C[C@]4(O3)[C@H](C1=O)N([C@H](CO)c1ccccc1)C(=O)[C@@H]24. The normalized spacial score (nSPS) is 31.8. The number of carbonyl (C=O) groups excluding carboxylic acids is 4. The third kappa shape index (κ3) is 6.19. The first-order chi connectivity index (χ1) is 23.3. The van der Waals surface area contributed by atoms with Crippen LogP contribution in [0.25, 0.3) is 0 Å². The number of aliphatic hydroxyl groups is 1. The molecule has 3 amide bonds. The maximum Gasteiger partial charge on any atom is 0.313 e. The molecule has 10 heteroatoms. The highest BCUT2D eigenvalue weighted by Gasteiger charge is 2.74. The fraction of sp³-hybridized carbons (Fsp3) is 0.474. The van der Waals surface area contributed by atoms with Gasteiger partial charge in [-0.15, -0.1) is 0 Å². The Morgan fingerprint density at radius 2 is 1.71 bits per heavy atom. The van der Waals surface area contributed by atoms with Crippen molar-refractivity contribution in [3.63, 3.8) is 0 Å². The number of esters is 1. The summed E-state index contributed by atoms with van der Waals surface area (Å²) >= 11 is 0. The first-order valence-corrected chi connectivity index (χ1v) is 17.1. The highest BCUT2D eigenvalue weighted by Crippen LogP contribution is 2.57. The van der Waals surface area contributed by atoms with E-state index in [4.69, 9.17) is 9.47 Å². The Balaban J connectivity index is 1.45. The number of likely N-dealkylation sites (tertiary alicyclic amines) is 1. The van der Waals surface area contributed by atoms with Crippen LogP contribution in [0.2, 0.25) is 0 Å². The van der Waals surface area contributed by atoms with E-state index in [1.165, 1.54) is 4.90 Å². The minimum absolute atomic E-state index is 0.185. The van der Waals surface area contributed by atoms with E-state index in [0.717, 1.165) is 19.3 Å². The second-order valence-electron chi connectivity index (χ2n) is 13.2. The Bertz CT molecular complexity index is 1550. The molecule has 8 atom stereocenters. The Morgan fingerprint density at radius 1 is 0.979 bits per heavy atom. The van der Waals surface area contributed by atoms with Gasteiger partial charge in [0.25, 0.3) is 0 Å². The van der Waals surface area contributed by atoms with Crippen LogP contribution in [-0.2, 0) is 28.7 Å². The Kier molecular flexibility index (Phi) is 10.1. The molecule has 0 saturated carbocycles. The smallest absolute Gasteiger partial charge is 0.313 e. The molecule has 5 bridgehead atoms. The lowest BCUT2D eigenvalue weighted by atomic mass is 9.74. The van der Waals surface area contributed by atoms with E-state index >= 15 is 0 Å². The Labute approximate surface area is 281 Å². The molecule has 0 unspecified atom stereocenters. The summed E-state index contributed by atoms with van der Waals surface area (Å²) in [5, 5.41) is 13.8. The van der Waals surface area contributed by atoms with Crippen LogP contribution in [0, 0.1) is 11.8 Å². The molecule has 2 aromatic carbocycles. The summed E-state index contributed by atoms with van der Waals surface area (Å²) < 4.78 is 12.8. The standard InChI is InChI=1S/C38H45N3O7/c1-3-4-13-22-40-23-14-7-12-19-30(43)39-25(2)33(27-17-10-6-11-18-27)47-37(46)31-29-20-21-38(48-29)32(31)35(44)41(34(38)36(40)45)28(24-42)26-15-8-5-9-16-26/h5-11,14-18,20-21,25,28-29,31-34,42H,3-4,12-13,19,22-24H2,1-2H3,(H,39,43)/b14-7-/t25-,28-,29+,31-,32-,33+,34+,38-/m1/s1. The summed E-state index contributed by atoms with van der Waals surface area (Å²) in [5.41, 5.74) is -0.0492. The maximum absolute atomic E-state index is 14.9. The summed E-state index contributed by atoms with van der Waals surface area (Å²) in [6, 6.07) is 15.8. The Hall–Kier alpha value is -4.28. The van der Waals surface area contributed by atoms with Gasteiger partial charge in [-0.2, -0.15) is 0 Å². The number of unbranched alkanes of at least 4 members (excludes halogenated alkanes) is 2. The predicted octanol–water partition coefficient (Wildman–Crippen LogP) is 4.03. The van der Waals surface area contributed by atoms with Crippen molar-refractivity contribution in [3.05, 3.63) is 96.1 Å². The minimum atomic E-state index is -1.42.